The number of carbonyl (C=O) groups is 1. The third-order valence-corrected chi connectivity index (χ3v) is 2.59. The fourth-order valence-corrected chi connectivity index (χ4v) is 1.53. The number of esters is 1. The van der Waals surface area contributed by atoms with Crippen LogP contribution in [0.25, 0.3) is 0 Å². The fourth-order valence-electron chi connectivity index (χ4n) is 1.02. The van der Waals surface area contributed by atoms with Crippen LogP contribution in [0, 0.1) is 0 Å². The first kappa shape index (κ1) is 10.8. The third-order valence-electron chi connectivity index (χ3n) is 1.77. The van der Waals surface area contributed by atoms with Gasteiger partial charge in [-0.1, -0.05) is 0 Å². The molecule has 0 spiro atoms. The molecule has 0 atom stereocenters. The molecule has 0 fully saturated rings. The molecular formula is C9H10BrNO3. The van der Waals surface area contributed by atoms with E-state index >= 15 is 0 Å². The SMILES string of the molecule is COC(=O)c1ccc(OC)c(Br)c1N. The summed E-state index contributed by atoms with van der Waals surface area (Å²) in [6, 6.07) is 3.21. The van der Waals surface area contributed by atoms with Crippen LogP contribution < -0.4 is 10.5 Å². The maximum Gasteiger partial charge on any atom is 0.340 e. The summed E-state index contributed by atoms with van der Waals surface area (Å²) in [5.41, 5.74) is 6.34. The lowest BCUT2D eigenvalue weighted by molar-refractivity contribution is 0.0602. The summed E-state index contributed by atoms with van der Waals surface area (Å²) in [4.78, 5) is 11.2. The van der Waals surface area contributed by atoms with E-state index in [2.05, 4.69) is 20.7 Å². The van der Waals surface area contributed by atoms with Gasteiger partial charge in [-0.2, -0.15) is 0 Å². The molecule has 1 aromatic carbocycles. The van der Waals surface area contributed by atoms with Crippen LogP contribution >= 0.6 is 15.9 Å². The summed E-state index contributed by atoms with van der Waals surface area (Å²) in [6.45, 7) is 0. The Kier molecular flexibility index (Phi) is 3.35. The average molecular weight is 260 g/mol. The maximum atomic E-state index is 11.2. The number of nitrogens with two attached hydrogens (primary N) is 1. The molecule has 1 rings (SSSR count). The van der Waals surface area contributed by atoms with Crippen molar-refractivity contribution in [3.8, 4) is 5.75 Å². The standard InChI is InChI=1S/C9H10BrNO3/c1-13-6-4-3-5(9(12)14-2)8(11)7(6)10/h3-4H,11H2,1-2H3. The van der Waals surface area contributed by atoms with Crippen molar-refractivity contribution in [2.75, 3.05) is 20.0 Å². The van der Waals surface area contributed by atoms with Crippen LogP contribution in [0.2, 0.25) is 0 Å². The van der Waals surface area contributed by atoms with Gasteiger partial charge in [0.1, 0.15) is 5.75 Å². The number of hydrogen-bond acceptors (Lipinski definition) is 4. The number of rotatable bonds is 2. The largest absolute Gasteiger partial charge is 0.495 e. The molecule has 0 aliphatic carbocycles. The molecule has 14 heavy (non-hydrogen) atoms. The number of nitrogen functional groups attached to an aromatic ring is 1. The van der Waals surface area contributed by atoms with Crippen LogP contribution in [0.3, 0.4) is 0 Å². The molecule has 0 saturated carbocycles. The van der Waals surface area contributed by atoms with Crippen molar-refractivity contribution in [3.05, 3.63) is 22.2 Å². The van der Waals surface area contributed by atoms with Crippen molar-refractivity contribution in [2.45, 2.75) is 0 Å². The van der Waals surface area contributed by atoms with E-state index in [0.29, 0.717) is 21.5 Å². The van der Waals surface area contributed by atoms with Gasteiger partial charge in [0, 0.05) is 0 Å². The summed E-state index contributed by atoms with van der Waals surface area (Å²) in [7, 11) is 2.83. The molecule has 0 saturated heterocycles. The van der Waals surface area contributed by atoms with Gasteiger partial charge in [0.2, 0.25) is 0 Å². The highest BCUT2D eigenvalue weighted by molar-refractivity contribution is 9.10. The van der Waals surface area contributed by atoms with E-state index in [1.165, 1.54) is 14.2 Å². The van der Waals surface area contributed by atoms with Crippen molar-refractivity contribution in [3.63, 3.8) is 0 Å². The summed E-state index contributed by atoms with van der Waals surface area (Å²) >= 11 is 3.23. The second-order valence-electron chi connectivity index (χ2n) is 2.53. The number of methoxy groups -OCH3 is 2. The molecule has 0 aromatic heterocycles. The van der Waals surface area contributed by atoms with Gasteiger partial charge in [0.05, 0.1) is 29.9 Å². The Morgan fingerprint density at radius 3 is 2.57 bits per heavy atom. The highest BCUT2D eigenvalue weighted by Gasteiger charge is 2.14. The Balaban J connectivity index is 3.24. The molecule has 0 unspecified atom stereocenters. The van der Waals surface area contributed by atoms with Crippen molar-refractivity contribution in [1.29, 1.82) is 0 Å². The molecule has 0 aliphatic rings. The summed E-state index contributed by atoms with van der Waals surface area (Å²) in [5.74, 6) is 0.112. The van der Waals surface area contributed by atoms with Crippen LogP contribution in [0.4, 0.5) is 5.69 Å². The van der Waals surface area contributed by atoms with Crippen LogP contribution in [-0.4, -0.2) is 20.2 Å². The van der Waals surface area contributed by atoms with Gasteiger partial charge in [0.25, 0.3) is 0 Å². The Labute approximate surface area is 90.1 Å². The predicted octanol–water partition coefficient (Wildman–Crippen LogP) is 1.83. The smallest absolute Gasteiger partial charge is 0.340 e. The van der Waals surface area contributed by atoms with Gasteiger partial charge in [0.15, 0.2) is 0 Å². The van der Waals surface area contributed by atoms with E-state index in [0.717, 1.165) is 0 Å². The van der Waals surface area contributed by atoms with Crippen LogP contribution in [0.1, 0.15) is 10.4 Å². The molecule has 4 nitrogen and oxygen atoms in total. The minimum absolute atomic E-state index is 0.316. The lowest BCUT2D eigenvalue weighted by atomic mass is 10.2. The van der Waals surface area contributed by atoms with Crippen LogP contribution in [-0.2, 0) is 4.74 Å². The summed E-state index contributed by atoms with van der Waals surface area (Å²) in [5, 5.41) is 0. The Hall–Kier alpha value is -1.23. The van der Waals surface area contributed by atoms with Crippen molar-refractivity contribution in [1.82, 2.24) is 0 Å². The van der Waals surface area contributed by atoms with Gasteiger partial charge in [-0.05, 0) is 28.1 Å². The molecule has 1 aromatic rings. The van der Waals surface area contributed by atoms with E-state index in [9.17, 15) is 4.79 Å². The molecule has 76 valence electrons. The second kappa shape index (κ2) is 4.32. The minimum atomic E-state index is -0.467. The number of hydrogen-bond donors (Lipinski definition) is 1. The Morgan fingerprint density at radius 2 is 2.07 bits per heavy atom. The number of halogens is 1. The van der Waals surface area contributed by atoms with Gasteiger partial charge in [-0.25, -0.2) is 4.79 Å². The molecule has 5 heteroatoms. The first-order chi connectivity index (χ1) is 6.61. The zero-order chi connectivity index (χ0) is 10.7. The Morgan fingerprint density at radius 1 is 1.43 bits per heavy atom. The lowest BCUT2D eigenvalue weighted by Gasteiger charge is -2.09. The summed E-state index contributed by atoms with van der Waals surface area (Å²) in [6.07, 6.45) is 0. The zero-order valence-corrected chi connectivity index (χ0v) is 9.42. The van der Waals surface area contributed by atoms with Crippen LogP contribution in [0.5, 0.6) is 5.75 Å². The van der Waals surface area contributed by atoms with E-state index in [-0.39, 0.29) is 0 Å². The molecule has 0 amide bonds. The van der Waals surface area contributed by atoms with E-state index < -0.39 is 5.97 Å². The predicted molar refractivity (Wildman–Crippen MR) is 56.4 cm³/mol. The van der Waals surface area contributed by atoms with Crippen molar-refractivity contribution in [2.24, 2.45) is 0 Å². The first-order valence-electron chi connectivity index (χ1n) is 3.82. The highest BCUT2D eigenvalue weighted by atomic mass is 79.9. The highest BCUT2D eigenvalue weighted by Crippen LogP contribution is 2.33. The average Bonchev–Trinajstić information content (AvgIpc) is 2.21. The second-order valence-corrected chi connectivity index (χ2v) is 3.33. The van der Waals surface area contributed by atoms with Gasteiger partial charge in [-0.15, -0.1) is 0 Å². The molecule has 0 bridgehead atoms. The lowest BCUT2D eigenvalue weighted by Crippen LogP contribution is -2.06. The first-order valence-corrected chi connectivity index (χ1v) is 4.61. The number of benzene rings is 1. The molecule has 0 heterocycles. The third kappa shape index (κ3) is 1.82. The van der Waals surface area contributed by atoms with Gasteiger partial charge < -0.3 is 15.2 Å². The normalized spacial score (nSPS) is 9.64. The molecular weight excluding hydrogens is 250 g/mol. The van der Waals surface area contributed by atoms with Crippen LogP contribution in [0.15, 0.2) is 16.6 Å². The number of anilines is 1. The van der Waals surface area contributed by atoms with E-state index in [4.69, 9.17) is 10.5 Å². The van der Waals surface area contributed by atoms with Gasteiger partial charge in [-0.3, -0.25) is 0 Å². The van der Waals surface area contributed by atoms with Crippen molar-refractivity contribution >= 4 is 27.6 Å². The quantitative estimate of drug-likeness (QED) is 0.650. The molecule has 0 radical (unpaired) electrons. The topological polar surface area (TPSA) is 61.5 Å². The Bertz CT molecular complexity index is 365. The number of carbonyl (C=O) groups excluding carboxylic acids is 1. The monoisotopic (exact) mass is 259 g/mol. The van der Waals surface area contributed by atoms with E-state index in [1.807, 2.05) is 0 Å². The van der Waals surface area contributed by atoms with E-state index in [1.54, 1.807) is 12.1 Å². The maximum absolute atomic E-state index is 11.2. The zero-order valence-electron chi connectivity index (χ0n) is 7.83. The summed E-state index contributed by atoms with van der Waals surface area (Å²) < 4.78 is 10.1. The minimum Gasteiger partial charge on any atom is -0.495 e. The van der Waals surface area contributed by atoms with Gasteiger partial charge >= 0.3 is 5.97 Å². The molecule has 2 N–H and O–H groups in total. The number of ether oxygens (including phenoxy) is 2. The fraction of sp³-hybridized carbons (Fsp3) is 0.222. The van der Waals surface area contributed by atoms with Crippen molar-refractivity contribution < 1.29 is 14.3 Å². The molecule has 0 aliphatic heterocycles.